The number of urea groups is 1. The van der Waals surface area contributed by atoms with Crippen LogP contribution in [0.15, 0.2) is 42.7 Å². The van der Waals surface area contributed by atoms with Crippen LogP contribution in [0.25, 0.3) is 5.69 Å². The molecule has 134 valence electrons. The maximum Gasteiger partial charge on any atom is 0.317 e. The first-order valence-electron chi connectivity index (χ1n) is 9.30. The van der Waals surface area contributed by atoms with E-state index in [9.17, 15) is 4.79 Å². The van der Waals surface area contributed by atoms with Crippen LogP contribution in [0.2, 0.25) is 0 Å². The van der Waals surface area contributed by atoms with E-state index in [-0.39, 0.29) is 6.03 Å². The Bertz CT molecular complexity index is 662. The fourth-order valence-corrected chi connectivity index (χ4v) is 3.50. The zero-order valence-electron chi connectivity index (χ0n) is 15.0. The van der Waals surface area contributed by atoms with Crippen molar-refractivity contribution in [2.75, 3.05) is 13.6 Å². The smallest absolute Gasteiger partial charge is 0.317 e. The van der Waals surface area contributed by atoms with Crippen molar-refractivity contribution in [2.24, 2.45) is 5.92 Å². The maximum atomic E-state index is 12.3. The molecule has 0 aliphatic heterocycles. The lowest BCUT2D eigenvalue weighted by Gasteiger charge is -2.24. The first kappa shape index (κ1) is 17.5. The van der Waals surface area contributed by atoms with Gasteiger partial charge in [-0.2, -0.15) is 5.10 Å². The second-order valence-corrected chi connectivity index (χ2v) is 6.99. The van der Waals surface area contributed by atoms with Gasteiger partial charge in [0.1, 0.15) is 0 Å². The molecule has 3 rings (SSSR count). The lowest BCUT2D eigenvalue weighted by atomic mass is 9.87. The molecule has 0 spiro atoms. The van der Waals surface area contributed by atoms with E-state index in [1.807, 2.05) is 47.1 Å². The van der Waals surface area contributed by atoms with Gasteiger partial charge in [0.05, 0.1) is 5.69 Å². The summed E-state index contributed by atoms with van der Waals surface area (Å²) < 4.78 is 1.82. The van der Waals surface area contributed by atoms with Crippen LogP contribution in [0.4, 0.5) is 4.79 Å². The maximum absolute atomic E-state index is 12.3. The second kappa shape index (κ2) is 8.70. The fourth-order valence-electron chi connectivity index (χ4n) is 3.50. The summed E-state index contributed by atoms with van der Waals surface area (Å²) >= 11 is 0. The van der Waals surface area contributed by atoms with Gasteiger partial charge in [-0.05, 0) is 36.1 Å². The summed E-state index contributed by atoms with van der Waals surface area (Å²) in [5, 5.41) is 7.26. The molecule has 1 heterocycles. The number of nitrogens with one attached hydrogen (secondary N) is 1. The zero-order valence-corrected chi connectivity index (χ0v) is 15.0. The van der Waals surface area contributed by atoms with Crippen molar-refractivity contribution in [1.82, 2.24) is 20.0 Å². The third kappa shape index (κ3) is 5.08. The van der Waals surface area contributed by atoms with Crippen LogP contribution in [0.1, 0.15) is 44.1 Å². The molecule has 0 saturated heterocycles. The number of hydrogen-bond donors (Lipinski definition) is 1. The van der Waals surface area contributed by atoms with Crippen molar-refractivity contribution >= 4 is 6.03 Å². The molecule has 0 bridgehead atoms. The van der Waals surface area contributed by atoms with E-state index in [1.165, 1.54) is 32.1 Å². The quantitative estimate of drug-likeness (QED) is 0.864. The SMILES string of the molecule is CN(CCC1CCCCC1)C(=O)NCc1cccc(-n2cccn2)c1. The van der Waals surface area contributed by atoms with E-state index in [2.05, 4.69) is 16.5 Å². The van der Waals surface area contributed by atoms with Gasteiger partial charge in [0.25, 0.3) is 0 Å². The number of carbonyl (C=O) groups is 1. The normalized spacial score (nSPS) is 15.1. The van der Waals surface area contributed by atoms with Gasteiger partial charge in [-0.25, -0.2) is 9.48 Å². The molecule has 1 aliphatic rings. The van der Waals surface area contributed by atoms with Gasteiger partial charge in [0.15, 0.2) is 0 Å². The molecule has 5 nitrogen and oxygen atoms in total. The first-order chi connectivity index (χ1) is 12.2. The number of hydrogen-bond acceptors (Lipinski definition) is 2. The summed E-state index contributed by atoms with van der Waals surface area (Å²) in [6.07, 6.45) is 11.5. The molecule has 0 atom stereocenters. The first-order valence-corrected chi connectivity index (χ1v) is 9.30. The minimum Gasteiger partial charge on any atom is -0.334 e. The van der Waals surface area contributed by atoms with Crippen molar-refractivity contribution < 1.29 is 4.79 Å². The monoisotopic (exact) mass is 340 g/mol. The lowest BCUT2D eigenvalue weighted by Crippen LogP contribution is -2.38. The molecule has 25 heavy (non-hydrogen) atoms. The predicted molar refractivity (Wildman–Crippen MR) is 99.6 cm³/mol. The molecule has 2 aromatic rings. The highest BCUT2D eigenvalue weighted by Crippen LogP contribution is 2.26. The van der Waals surface area contributed by atoms with E-state index < -0.39 is 0 Å². The van der Waals surface area contributed by atoms with Gasteiger partial charge < -0.3 is 10.2 Å². The van der Waals surface area contributed by atoms with Crippen LogP contribution >= 0.6 is 0 Å². The molecule has 1 saturated carbocycles. The third-order valence-electron chi connectivity index (χ3n) is 5.07. The summed E-state index contributed by atoms with van der Waals surface area (Å²) in [4.78, 5) is 14.1. The fraction of sp³-hybridized carbons (Fsp3) is 0.500. The molecule has 1 aromatic heterocycles. The van der Waals surface area contributed by atoms with Crippen LogP contribution in [-0.2, 0) is 6.54 Å². The summed E-state index contributed by atoms with van der Waals surface area (Å²) in [6, 6.07) is 9.97. The molecule has 0 radical (unpaired) electrons. The molecule has 1 aromatic carbocycles. The highest BCUT2D eigenvalue weighted by Gasteiger charge is 2.15. The van der Waals surface area contributed by atoms with E-state index in [0.717, 1.165) is 30.1 Å². The molecule has 5 heteroatoms. The summed E-state index contributed by atoms with van der Waals surface area (Å²) in [7, 11) is 1.89. The number of carbonyl (C=O) groups excluding carboxylic acids is 1. The van der Waals surface area contributed by atoms with Gasteiger partial charge in [-0.1, -0.05) is 44.2 Å². The average Bonchev–Trinajstić information content (AvgIpc) is 3.20. The van der Waals surface area contributed by atoms with E-state index >= 15 is 0 Å². The Kier molecular flexibility index (Phi) is 6.09. The molecule has 1 fully saturated rings. The summed E-state index contributed by atoms with van der Waals surface area (Å²) in [6.45, 7) is 1.37. The second-order valence-electron chi connectivity index (χ2n) is 6.99. The van der Waals surface area contributed by atoms with Gasteiger partial charge in [-0.3, -0.25) is 0 Å². The topological polar surface area (TPSA) is 50.2 Å². The van der Waals surface area contributed by atoms with Crippen LogP contribution in [0.5, 0.6) is 0 Å². The Balaban J connectivity index is 1.46. The number of aromatic nitrogens is 2. The van der Waals surface area contributed by atoms with Gasteiger partial charge in [-0.15, -0.1) is 0 Å². The van der Waals surface area contributed by atoms with Crippen molar-refractivity contribution in [2.45, 2.75) is 45.1 Å². The van der Waals surface area contributed by atoms with Crippen molar-refractivity contribution in [1.29, 1.82) is 0 Å². The Labute approximate surface area is 150 Å². The Morgan fingerprint density at radius 1 is 1.28 bits per heavy atom. The van der Waals surface area contributed by atoms with Crippen LogP contribution in [-0.4, -0.2) is 34.3 Å². The molecule has 1 N–H and O–H groups in total. The average molecular weight is 340 g/mol. The predicted octanol–water partition coefficient (Wildman–Crippen LogP) is 3.98. The molecular weight excluding hydrogens is 312 g/mol. The number of nitrogens with zero attached hydrogens (tertiary/aromatic N) is 3. The number of benzene rings is 1. The van der Waals surface area contributed by atoms with E-state index in [0.29, 0.717) is 6.54 Å². The van der Waals surface area contributed by atoms with Gasteiger partial charge in [0.2, 0.25) is 0 Å². The molecule has 0 unspecified atom stereocenters. The van der Waals surface area contributed by atoms with Crippen LogP contribution < -0.4 is 5.32 Å². The highest BCUT2D eigenvalue weighted by molar-refractivity contribution is 5.73. The number of amides is 2. The minimum absolute atomic E-state index is 0.000279. The van der Waals surface area contributed by atoms with E-state index in [4.69, 9.17) is 0 Å². The Morgan fingerprint density at radius 2 is 2.12 bits per heavy atom. The summed E-state index contributed by atoms with van der Waals surface area (Å²) in [5.41, 5.74) is 2.07. The standard InChI is InChI=1S/C20H28N4O/c1-23(14-11-17-7-3-2-4-8-17)20(25)21-16-18-9-5-10-19(15-18)24-13-6-12-22-24/h5-6,9-10,12-13,15,17H,2-4,7-8,11,14,16H2,1H3,(H,21,25). The van der Waals surface area contributed by atoms with Crippen molar-refractivity contribution in [3.63, 3.8) is 0 Å². The molecular formula is C20H28N4O. The Hall–Kier alpha value is -2.30. The number of rotatable bonds is 6. The molecule has 1 aliphatic carbocycles. The largest absolute Gasteiger partial charge is 0.334 e. The third-order valence-corrected chi connectivity index (χ3v) is 5.07. The van der Waals surface area contributed by atoms with Crippen LogP contribution in [0, 0.1) is 5.92 Å². The highest BCUT2D eigenvalue weighted by atomic mass is 16.2. The molecule has 2 amide bonds. The van der Waals surface area contributed by atoms with Crippen molar-refractivity contribution in [3.8, 4) is 5.69 Å². The lowest BCUT2D eigenvalue weighted by molar-refractivity contribution is 0.201. The van der Waals surface area contributed by atoms with Crippen molar-refractivity contribution in [3.05, 3.63) is 48.3 Å². The summed E-state index contributed by atoms with van der Waals surface area (Å²) in [5.74, 6) is 0.801. The van der Waals surface area contributed by atoms with Gasteiger partial charge >= 0.3 is 6.03 Å². The Morgan fingerprint density at radius 3 is 2.88 bits per heavy atom. The van der Waals surface area contributed by atoms with E-state index in [1.54, 1.807) is 6.20 Å². The van der Waals surface area contributed by atoms with Gasteiger partial charge in [0, 0.05) is 32.5 Å². The zero-order chi connectivity index (χ0) is 17.5. The van der Waals surface area contributed by atoms with Crippen LogP contribution in [0.3, 0.4) is 0 Å². The minimum atomic E-state index is 0.000279.